The van der Waals surface area contributed by atoms with Gasteiger partial charge in [-0.05, 0) is 25.8 Å². The summed E-state index contributed by atoms with van der Waals surface area (Å²) in [5.41, 5.74) is 0. The predicted molar refractivity (Wildman–Crippen MR) is 70.5 cm³/mol. The topological polar surface area (TPSA) is 56.7 Å². The molecule has 5 nitrogen and oxygen atoms in total. The number of anilines is 1. The Bertz CT molecular complexity index is 448. The first-order valence-corrected chi connectivity index (χ1v) is 7.24. The molecule has 2 fully saturated rings. The molecule has 0 aromatic carbocycles. The molecule has 0 bridgehead atoms. The van der Waals surface area contributed by atoms with Gasteiger partial charge in [-0.3, -0.25) is 4.90 Å². The molecule has 0 radical (unpaired) electrons. The average molecular weight is 267 g/mol. The van der Waals surface area contributed by atoms with E-state index >= 15 is 0 Å². The lowest BCUT2D eigenvalue weighted by molar-refractivity contribution is 0.0702. The highest BCUT2D eigenvalue weighted by atomic mass is 32.1. The lowest BCUT2D eigenvalue weighted by Gasteiger charge is -2.25. The van der Waals surface area contributed by atoms with Gasteiger partial charge >= 0.3 is 5.97 Å². The Balaban J connectivity index is 1.76. The van der Waals surface area contributed by atoms with E-state index < -0.39 is 5.97 Å². The summed E-state index contributed by atoms with van der Waals surface area (Å²) in [6.45, 7) is 4.36. The summed E-state index contributed by atoms with van der Waals surface area (Å²) >= 11 is 1.29. The van der Waals surface area contributed by atoms with Gasteiger partial charge in [0.2, 0.25) is 0 Å². The molecule has 2 aliphatic rings. The maximum Gasteiger partial charge on any atom is 0.347 e. The SMILES string of the molecule is O=C(O)c1cnc(N2CCCN3CCCC3C2)s1. The van der Waals surface area contributed by atoms with Gasteiger partial charge in [-0.1, -0.05) is 11.3 Å². The van der Waals surface area contributed by atoms with Crippen molar-refractivity contribution < 1.29 is 9.90 Å². The minimum atomic E-state index is -0.879. The third kappa shape index (κ3) is 2.22. The Hall–Kier alpha value is -1.14. The van der Waals surface area contributed by atoms with E-state index in [0.717, 1.165) is 24.6 Å². The fourth-order valence-corrected chi connectivity index (χ4v) is 3.68. The fraction of sp³-hybridized carbons (Fsp3) is 0.667. The zero-order valence-electron chi connectivity index (χ0n) is 10.2. The first kappa shape index (κ1) is 11.9. The van der Waals surface area contributed by atoms with Crippen molar-refractivity contribution in [3.05, 3.63) is 11.1 Å². The average Bonchev–Trinajstić information content (AvgIpc) is 2.95. The lowest BCUT2D eigenvalue weighted by Crippen LogP contribution is -2.36. The molecule has 0 amide bonds. The molecule has 2 aliphatic heterocycles. The maximum atomic E-state index is 10.9. The quantitative estimate of drug-likeness (QED) is 0.880. The summed E-state index contributed by atoms with van der Waals surface area (Å²) in [5.74, 6) is -0.879. The predicted octanol–water partition coefficient (Wildman–Crippen LogP) is 1.52. The van der Waals surface area contributed by atoms with Crippen LogP contribution < -0.4 is 4.90 Å². The van der Waals surface area contributed by atoms with E-state index in [-0.39, 0.29) is 0 Å². The molecule has 1 N–H and O–H groups in total. The van der Waals surface area contributed by atoms with Crippen LogP contribution in [-0.2, 0) is 0 Å². The zero-order valence-corrected chi connectivity index (χ0v) is 11.0. The number of carbonyl (C=O) groups is 1. The highest BCUT2D eigenvalue weighted by Gasteiger charge is 2.29. The minimum Gasteiger partial charge on any atom is -0.477 e. The minimum absolute atomic E-state index is 0.331. The van der Waals surface area contributed by atoms with E-state index in [1.54, 1.807) is 0 Å². The van der Waals surface area contributed by atoms with E-state index in [1.807, 2.05) is 0 Å². The zero-order chi connectivity index (χ0) is 12.5. The summed E-state index contributed by atoms with van der Waals surface area (Å²) in [4.78, 5) is 20.3. The van der Waals surface area contributed by atoms with Crippen LogP contribution in [0.15, 0.2) is 6.20 Å². The van der Waals surface area contributed by atoms with E-state index in [1.165, 1.54) is 43.5 Å². The van der Waals surface area contributed by atoms with Crippen LogP contribution >= 0.6 is 11.3 Å². The molecule has 3 heterocycles. The molecule has 1 aromatic heterocycles. The van der Waals surface area contributed by atoms with Crippen molar-refractivity contribution in [2.24, 2.45) is 0 Å². The molecule has 0 aliphatic carbocycles. The normalized spacial score (nSPS) is 24.9. The van der Waals surface area contributed by atoms with Crippen molar-refractivity contribution in [1.82, 2.24) is 9.88 Å². The van der Waals surface area contributed by atoms with Gasteiger partial charge in [-0.15, -0.1) is 0 Å². The Morgan fingerprint density at radius 1 is 1.39 bits per heavy atom. The first-order chi connectivity index (χ1) is 8.74. The van der Waals surface area contributed by atoms with E-state index in [2.05, 4.69) is 14.8 Å². The molecule has 6 heteroatoms. The molecule has 1 aromatic rings. The van der Waals surface area contributed by atoms with Crippen molar-refractivity contribution in [1.29, 1.82) is 0 Å². The molecule has 0 spiro atoms. The van der Waals surface area contributed by atoms with Crippen LogP contribution in [0.3, 0.4) is 0 Å². The van der Waals surface area contributed by atoms with E-state index in [4.69, 9.17) is 5.11 Å². The smallest absolute Gasteiger partial charge is 0.347 e. The number of aromatic nitrogens is 1. The summed E-state index contributed by atoms with van der Waals surface area (Å²) in [5, 5.41) is 9.81. The highest BCUT2D eigenvalue weighted by Crippen LogP contribution is 2.27. The van der Waals surface area contributed by atoms with Crippen molar-refractivity contribution in [3.8, 4) is 0 Å². The Kier molecular flexibility index (Phi) is 3.22. The van der Waals surface area contributed by atoms with Gasteiger partial charge in [-0.2, -0.15) is 0 Å². The molecule has 0 saturated carbocycles. The molecule has 1 atom stereocenters. The number of hydrogen-bond acceptors (Lipinski definition) is 5. The molecule has 18 heavy (non-hydrogen) atoms. The van der Waals surface area contributed by atoms with Crippen LogP contribution in [0.1, 0.15) is 28.9 Å². The highest BCUT2D eigenvalue weighted by molar-refractivity contribution is 7.17. The van der Waals surface area contributed by atoms with Crippen molar-refractivity contribution in [2.45, 2.75) is 25.3 Å². The van der Waals surface area contributed by atoms with Crippen LogP contribution in [-0.4, -0.2) is 53.2 Å². The molecule has 3 rings (SSSR count). The van der Waals surface area contributed by atoms with Gasteiger partial charge in [-0.25, -0.2) is 9.78 Å². The van der Waals surface area contributed by atoms with Gasteiger partial charge < -0.3 is 10.0 Å². The number of carboxylic acids is 1. The third-order valence-corrected chi connectivity index (χ3v) is 4.82. The van der Waals surface area contributed by atoms with E-state index in [9.17, 15) is 4.79 Å². The van der Waals surface area contributed by atoms with Crippen LogP contribution in [0, 0.1) is 0 Å². The number of aromatic carboxylic acids is 1. The second-order valence-corrected chi connectivity index (χ2v) is 5.95. The number of rotatable bonds is 2. The van der Waals surface area contributed by atoms with Crippen LogP contribution in [0.5, 0.6) is 0 Å². The number of carboxylic acid groups (broad SMARTS) is 1. The molecular formula is C12H17N3O2S. The number of hydrogen-bond donors (Lipinski definition) is 1. The third-order valence-electron chi connectivity index (χ3n) is 3.78. The number of fused-ring (bicyclic) bond motifs is 1. The van der Waals surface area contributed by atoms with Crippen molar-refractivity contribution >= 4 is 22.4 Å². The molecule has 2 saturated heterocycles. The van der Waals surface area contributed by atoms with E-state index in [0.29, 0.717) is 10.9 Å². The summed E-state index contributed by atoms with van der Waals surface area (Å²) in [7, 11) is 0. The maximum absolute atomic E-state index is 10.9. The standard InChI is InChI=1S/C12H17N3O2S/c16-11(17)10-7-13-12(18-10)15-6-2-5-14-4-1-3-9(14)8-15/h7,9H,1-6,8H2,(H,16,17). The van der Waals surface area contributed by atoms with Gasteiger partial charge in [0.15, 0.2) is 5.13 Å². The Morgan fingerprint density at radius 3 is 3.00 bits per heavy atom. The second-order valence-electron chi connectivity index (χ2n) is 4.94. The van der Waals surface area contributed by atoms with Gasteiger partial charge in [0.05, 0.1) is 6.20 Å². The monoisotopic (exact) mass is 267 g/mol. The molecule has 1 unspecified atom stereocenters. The van der Waals surface area contributed by atoms with Gasteiger partial charge in [0.1, 0.15) is 4.88 Å². The Morgan fingerprint density at radius 2 is 2.22 bits per heavy atom. The number of thiazole rings is 1. The van der Waals surface area contributed by atoms with Gasteiger partial charge in [0, 0.05) is 25.7 Å². The van der Waals surface area contributed by atoms with Crippen molar-refractivity contribution in [2.75, 3.05) is 31.1 Å². The molecule has 98 valence electrons. The second kappa shape index (κ2) is 4.85. The Labute approximate surface area is 110 Å². The van der Waals surface area contributed by atoms with Gasteiger partial charge in [0.25, 0.3) is 0 Å². The van der Waals surface area contributed by atoms with Crippen LogP contribution in [0.2, 0.25) is 0 Å². The molecular weight excluding hydrogens is 250 g/mol. The van der Waals surface area contributed by atoms with Crippen molar-refractivity contribution in [3.63, 3.8) is 0 Å². The number of nitrogens with zero attached hydrogens (tertiary/aromatic N) is 3. The fourth-order valence-electron chi connectivity index (χ4n) is 2.89. The largest absolute Gasteiger partial charge is 0.477 e. The van der Waals surface area contributed by atoms with Crippen LogP contribution in [0.25, 0.3) is 0 Å². The van der Waals surface area contributed by atoms with Crippen LogP contribution in [0.4, 0.5) is 5.13 Å². The first-order valence-electron chi connectivity index (χ1n) is 6.42. The summed E-state index contributed by atoms with van der Waals surface area (Å²) in [6, 6.07) is 0.629. The summed E-state index contributed by atoms with van der Waals surface area (Å²) in [6.07, 6.45) is 5.16. The lowest BCUT2D eigenvalue weighted by atomic mass is 10.2. The summed E-state index contributed by atoms with van der Waals surface area (Å²) < 4.78 is 0.